The van der Waals surface area contributed by atoms with Gasteiger partial charge in [-0.05, 0) is 0 Å². The van der Waals surface area contributed by atoms with Crippen molar-refractivity contribution in [2.24, 2.45) is 0 Å². The molecule has 0 aromatic heterocycles. The molecular formula is C17H41O3SiSn. The smallest absolute Gasteiger partial charge is 0.0379 e. The summed E-state index contributed by atoms with van der Waals surface area (Å²) in [6.45, 7) is 23.7. The molecule has 0 heterocycles. The molecule has 0 aromatic rings. The van der Waals surface area contributed by atoms with E-state index in [1.54, 1.807) is 84.8 Å². The minimum absolute atomic E-state index is 0.120. The molecule has 0 spiro atoms. The third-order valence-corrected chi connectivity index (χ3v) is 0. The van der Waals surface area contributed by atoms with Crippen molar-refractivity contribution in [3.63, 3.8) is 0 Å². The average molecular weight is 440 g/mol. The fraction of sp³-hybridized carbons (Fsp3) is 1.00. The summed E-state index contributed by atoms with van der Waals surface area (Å²) >= 11 is 1.64. The van der Waals surface area contributed by atoms with Gasteiger partial charge >= 0.3 is 33.9 Å². The van der Waals surface area contributed by atoms with Gasteiger partial charge in [0.25, 0.3) is 0 Å². The van der Waals surface area contributed by atoms with Crippen molar-refractivity contribution in [1.82, 2.24) is 0 Å². The Morgan fingerprint density at radius 2 is 0.636 bits per heavy atom. The van der Waals surface area contributed by atoms with Crippen LogP contribution in [0.4, 0.5) is 0 Å². The summed E-state index contributed by atoms with van der Waals surface area (Å²) in [5.41, 5.74) is -2.25. The molecule has 0 N–H and O–H groups in total. The molecule has 0 fully saturated rings. The number of rotatable bonds is 0. The van der Waals surface area contributed by atoms with Gasteiger partial charge in [0, 0.05) is 8.80 Å². The molecule has 0 aliphatic carbocycles. The molecule has 0 atom stereocenters. The van der Waals surface area contributed by atoms with Gasteiger partial charge in [-0.2, -0.15) is 0 Å². The molecule has 0 aliphatic heterocycles. The molecule has 1 radical (unpaired) electrons. The van der Waals surface area contributed by atoms with Crippen LogP contribution in [0.3, 0.4) is 0 Å². The molecule has 22 heavy (non-hydrogen) atoms. The summed E-state index contributed by atoms with van der Waals surface area (Å²) in [5, 5.41) is 30.3. The second-order valence-corrected chi connectivity index (χ2v) is 13.2. The zero-order valence-corrected chi connectivity index (χ0v) is 21.3. The van der Waals surface area contributed by atoms with Crippen LogP contribution in [-0.2, 0) is 0 Å². The van der Waals surface area contributed by atoms with Gasteiger partial charge in [0.05, 0.1) is 0 Å². The van der Waals surface area contributed by atoms with E-state index in [4.69, 9.17) is 0 Å². The SMILES string of the molecule is CC(C)(C)[O-].CC(C)(C)[O-].CC(C)(C)[O-].C[CH2][Sn+3].C[Si](C)C. The van der Waals surface area contributed by atoms with Crippen molar-refractivity contribution >= 4 is 31.3 Å². The number of hydrogen-bond acceptors (Lipinski definition) is 3. The average Bonchev–Trinajstić information content (AvgIpc) is 1.89. The van der Waals surface area contributed by atoms with Crippen LogP contribution in [0.1, 0.15) is 69.2 Å². The largest absolute Gasteiger partial charge is 0.0715 e. The van der Waals surface area contributed by atoms with Gasteiger partial charge in [0.1, 0.15) is 0 Å². The molecular weight excluding hydrogens is 399 g/mol. The minimum Gasteiger partial charge on any atom is -0.0715 e. The minimum atomic E-state index is -0.750. The van der Waals surface area contributed by atoms with Crippen LogP contribution in [0.25, 0.3) is 0 Å². The van der Waals surface area contributed by atoms with Crippen molar-refractivity contribution in [3.8, 4) is 0 Å². The molecule has 0 amide bonds. The van der Waals surface area contributed by atoms with Crippen LogP contribution < -0.4 is 15.3 Å². The summed E-state index contributed by atoms with van der Waals surface area (Å²) in [4.78, 5) is 0. The van der Waals surface area contributed by atoms with E-state index < -0.39 is 16.8 Å². The quantitative estimate of drug-likeness (QED) is 0.544. The maximum atomic E-state index is 10.1. The van der Waals surface area contributed by atoms with Crippen LogP contribution in [0.15, 0.2) is 0 Å². The van der Waals surface area contributed by atoms with E-state index >= 15 is 0 Å². The van der Waals surface area contributed by atoms with E-state index in [0.717, 1.165) is 0 Å². The molecule has 135 valence electrons. The van der Waals surface area contributed by atoms with E-state index in [2.05, 4.69) is 26.6 Å². The second-order valence-electron chi connectivity index (χ2n) is 8.19. The Hall–Kier alpha value is 0.896. The maximum Gasteiger partial charge on any atom is 0.0379 e. The fourth-order valence-corrected chi connectivity index (χ4v) is 0. The topological polar surface area (TPSA) is 69.2 Å². The Labute approximate surface area is 156 Å². The summed E-state index contributed by atoms with van der Waals surface area (Å²) in [7, 11) is 0.120. The normalized spacial score (nSPS) is 10.7. The third kappa shape index (κ3) is 10300. The monoisotopic (exact) mass is 441 g/mol. The van der Waals surface area contributed by atoms with Gasteiger partial charge in [-0.3, -0.25) is 0 Å². The molecule has 0 aromatic carbocycles. The van der Waals surface area contributed by atoms with Crippen LogP contribution in [0.5, 0.6) is 0 Å². The summed E-state index contributed by atoms with van der Waals surface area (Å²) in [5.74, 6) is 0. The Balaban J connectivity index is -0.0000000554. The van der Waals surface area contributed by atoms with E-state index in [1.807, 2.05) is 0 Å². The van der Waals surface area contributed by atoms with Gasteiger partial charge in [0.2, 0.25) is 0 Å². The van der Waals surface area contributed by atoms with Crippen molar-refractivity contribution < 1.29 is 15.3 Å². The zero-order valence-electron chi connectivity index (χ0n) is 17.4. The summed E-state index contributed by atoms with van der Waals surface area (Å²) < 4.78 is 1.34. The first kappa shape index (κ1) is 34.3. The third-order valence-electron chi connectivity index (χ3n) is 0. The van der Waals surface area contributed by atoms with Gasteiger partial charge in [-0.15, -0.1) is 16.8 Å². The first-order chi connectivity index (χ1) is 9.15. The molecule has 0 saturated carbocycles. The Kier molecular flexibility index (Phi) is 28.4. The van der Waals surface area contributed by atoms with Crippen LogP contribution in [0.2, 0.25) is 24.1 Å². The second kappa shape index (κ2) is 18.2. The van der Waals surface area contributed by atoms with Crippen molar-refractivity contribution in [3.05, 3.63) is 0 Å². The maximum absolute atomic E-state index is 10.1. The molecule has 0 unspecified atom stereocenters. The van der Waals surface area contributed by atoms with Crippen molar-refractivity contribution in [1.29, 1.82) is 0 Å². The molecule has 0 saturated heterocycles. The van der Waals surface area contributed by atoms with Gasteiger partial charge in [-0.25, -0.2) is 0 Å². The van der Waals surface area contributed by atoms with Crippen LogP contribution in [-0.4, -0.2) is 48.1 Å². The van der Waals surface area contributed by atoms with E-state index in [-0.39, 0.29) is 8.80 Å². The predicted molar refractivity (Wildman–Crippen MR) is 98.8 cm³/mol. The van der Waals surface area contributed by atoms with Crippen LogP contribution in [0, 0.1) is 0 Å². The zero-order chi connectivity index (χ0) is 19.8. The van der Waals surface area contributed by atoms with Crippen molar-refractivity contribution in [2.75, 3.05) is 0 Å². The van der Waals surface area contributed by atoms with E-state index in [9.17, 15) is 15.3 Å². The van der Waals surface area contributed by atoms with Crippen LogP contribution >= 0.6 is 0 Å². The molecule has 5 heteroatoms. The molecule has 3 nitrogen and oxygen atoms in total. The fourth-order valence-electron chi connectivity index (χ4n) is 0. The Bertz CT molecular complexity index is 140. The summed E-state index contributed by atoms with van der Waals surface area (Å²) in [6.07, 6.45) is 0. The molecule has 0 aliphatic rings. The Morgan fingerprint density at radius 3 is 0.636 bits per heavy atom. The number of hydrogen-bond donors (Lipinski definition) is 0. The van der Waals surface area contributed by atoms with Gasteiger partial charge in [-0.1, -0.05) is 82.0 Å². The van der Waals surface area contributed by atoms with E-state index in [1.165, 1.54) is 4.44 Å². The predicted octanol–water partition coefficient (Wildman–Crippen LogP) is 2.40. The first-order valence-corrected chi connectivity index (χ1v) is 12.7. The standard InChI is InChI=1S/3C4H9O.C3H9Si.C2H5.Sn/c3*1-4(2,3)5;1-4(2)3;1-2;/h3*1-3H3;1-3H3;1H2,2H3;/q3*-1;;;+3. The summed E-state index contributed by atoms with van der Waals surface area (Å²) in [6, 6.07) is 0. The van der Waals surface area contributed by atoms with E-state index in [0.29, 0.717) is 0 Å². The first-order valence-electron chi connectivity index (χ1n) is 7.67. The van der Waals surface area contributed by atoms with Gasteiger partial charge < -0.3 is 15.3 Å². The van der Waals surface area contributed by atoms with Crippen molar-refractivity contribution in [2.45, 2.75) is 110 Å². The van der Waals surface area contributed by atoms with Gasteiger partial charge in [0.15, 0.2) is 0 Å². The molecule has 0 bridgehead atoms. The Morgan fingerprint density at radius 1 is 0.636 bits per heavy atom. The molecule has 0 rings (SSSR count).